The number of thioether (sulfide) groups is 1. The summed E-state index contributed by atoms with van der Waals surface area (Å²) < 4.78 is 0. The van der Waals surface area contributed by atoms with Crippen molar-refractivity contribution in [3.63, 3.8) is 0 Å². The van der Waals surface area contributed by atoms with Crippen LogP contribution in [0.1, 0.15) is 24.0 Å². The van der Waals surface area contributed by atoms with E-state index < -0.39 is 0 Å². The maximum atomic E-state index is 12.7. The molecule has 2 atom stereocenters. The highest BCUT2D eigenvalue weighted by Gasteiger charge is 2.26. The Balaban J connectivity index is 1.08. The summed E-state index contributed by atoms with van der Waals surface area (Å²) >= 11 is 3.27. The molecule has 184 valence electrons. The highest BCUT2D eigenvalue weighted by molar-refractivity contribution is 8.00. The van der Waals surface area contributed by atoms with Gasteiger partial charge in [0, 0.05) is 62.4 Å². The molecule has 0 aliphatic carbocycles. The summed E-state index contributed by atoms with van der Waals surface area (Å²) in [6.07, 6.45) is 3.14. The molecule has 1 amide bonds. The Kier molecular flexibility index (Phi) is 7.75. The van der Waals surface area contributed by atoms with Gasteiger partial charge in [-0.2, -0.15) is 16.9 Å². The van der Waals surface area contributed by atoms with E-state index in [1.165, 1.54) is 22.5 Å². The van der Waals surface area contributed by atoms with Crippen molar-refractivity contribution in [1.29, 1.82) is 0 Å². The molecule has 1 unspecified atom stereocenters. The second kappa shape index (κ2) is 11.3. The number of nitrogens with zero attached hydrogens (tertiary/aromatic N) is 6. The van der Waals surface area contributed by atoms with Gasteiger partial charge in [-0.25, -0.2) is 0 Å². The molecule has 2 aliphatic rings. The lowest BCUT2D eigenvalue weighted by Crippen LogP contribution is -2.39. The first-order valence-electron chi connectivity index (χ1n) is 11.9. The van der Waals surface area contributed by atoms with Crippen LogP contribution >= 0.6 is 23.1 Å². The van der Waals surface area contributed by atoms with Gasteiger partial charge in [-0.1, -0.05) is 35.6 Å². The van der Waals surface area contributed by atoms with Crippen molar-refractivity contribution < 1.29 is 4.79 Å². The molecule has 2 aromatic heterocycles. The molecule has 2 saturated heterocycles. The summed E-state index contributed by atoms with van der Waals surface area (Å²) in [4.78, 5) is 17.4. The predicted molar refractivity (Wildman–Crippen MR) is 142 cm³/mol. The van der Waals surface area contributed by atoms with Crippen LogP contribution in [-0.4, -0.2) is 74.4 Å². The van der Waals surface area contributed by atoms with Crippen LogP contribution in [0.3, 0.4) is 0 Å². The quantitative estimate of drug-likeness (QED) is 0.473. The molecule has 0 spiro atoms. The van der Waals surface area contributed by atoms with E-state index in [0.717, 1.165) is 55.8 Å². The number of anilines is 3. The topological polar surface area (TPSA) is 99.2 Å². The SMILES string of the molecule is Cc1ccccc1CN1CCSC(CC(=O)Nc2nnc(N[C@@H]3CCN(c4cccnn4)C3)s2)C1. The molecule has 5 rings (SSSR count). The number of amides is 1. The first-order valence-corrected chi connectivity index (χ1v) is 13.8. The van der Waals surface area contributed by atoms with Crippen LogP contribution in [0.25, 0.3) is 0 Å². The monoisotopic (exact) mass is 510 g/mol. The van der Waals surface area contributed by atoms with Crippen LogP contribution in [0.2, 0.25) is 0 Å². The summed E-state index contributed by atoms with van der Waals surface area (Å²) in [5.41, 5.74) is 2.68. The van der Waals surface area contributed by atoms with Crippen molar-refractivity contribution in [2.24, 2.45) is 0 Å². The molecule has 3 aromatic rings. The van der Waals surface area contributed by atoms with E-state index in [4.69, 9.17) is 0 Å². The normalized spacial score (nSPS) is 20.7. The molecule has 0 radical (unpaired) electrons. The third-order valence-electron chi connectivity index (χ3n) is 6.36. The number of benzene rings is 1. The van der Waals surface area contributed by atoms with E-state index in [1.807, 2.05) is 23.9 Å². The standard InChI is InChI=1S/C24H30N8OS2/c1-17-5-2-3-6-18(17)14-31-11-12-34-20(16-31)13-22(33)27-24-30-29-23(35-24)26-19-8-10-32(15-19)21-7-4-9-25-28-21/h2-7,9,19-20H,8,10-16H2,1H3,(H,26,29)(H,27,30,33)/t19-,20?/m1/s1. The van der Waals surface area contributed by atoms with Crippen LogP contribution < -0.4 is 15.5 Å². The lowest BCUT2D eigenvalue weighted by Gasteiger charge is -2.32. The highest BCUT2D eigenvalue weighted by Crippen LogP contribution is 2.27. The van der Waals surface area contributed by atoms with Gasteiger partial charge in [-0.3, -0.25) is 9.69 Å². The van der Waals surface area contributed by atoms with Gasteiger partial charge in [0.2, 0.25) is 16.2 Å². The zero-order chi connectivity index (χ0) is 24.0. The van der Waals surface area contributed by atoms with Gasteiger partial charge in [0.15, 0.2) is 5.82 Å². The Morgan fingerprint density at radius 2 is 1.97 bits per heavy atom. The van der Waals surface area contributed by atoms with Gasteiger partial charge in [0.25, 0.3) is 0 Å². The maximum absolute atomic E-state index is 12.7. The Bertz CT molecular complexity index is 1130. The smallest absolute Gasteiger partial charge is 0.227 e. The van der Waals surface area contributed by atoms with E-state index in [9.17, 15) is 4.79 Å². The van der Waals surface area contributed by atoms with Crippen molar-refractivity contribution in [2.45, 2.75) is 37.6 Å². The molecule has 9 nitrogen and oxygen atoms in total. The number of rotatable bonds is 8. The lowest BCUT2D eigenvalue weighted by atomic mass is 10.1. The molecule has 2 fully saturated rings. The van der Waals surface area contributed by atoms with Crippen molar-refractivity contribution in [1.82, 2.24) is 25.3 Å². The number of carbonyl (C=O) groups is 1. The van der Waals surface area contributed by atoms with Crippen molar-refractivity contribution >= 4 is 45.1 Å². The lowest BCUT2D eigenvalue weighted by molar-refractivity contribution is -0.116. The van der Waals surface area contributed by atoms with Crippen LogP contribution in [0.5, 0.6) is 0 Å². The Morgan fingerprint density at radius 1 is 1.09 bits per heavy atom. The van der Waals surface area contributed by atoms with Crippen molar-refractivity contribution in [2.75, 3.05) is 47.5 Å². The van der Waals surface area contributed by atoms with Crippen LogP contribution in [-0.2, 0) is 11.3 Å². The fourth-order valence-corrected chi connectivity index (χ4v) is 6.53. The van der Waals surface area contributed by atoms with E-state index in [1.54, 1.807) is 6.20 Å². The summed E-state index contributed by atoms with van der Waals surface area (Å²) in [5.74, 6) is 1.93. The Morgan fingerprint density at radius 3 is 2.83 bits per heavy atom. The molecule has 35 heavy (non-hydrogen) atoms. The Hall–Kier alpha value is -2.76. The largest absolute Gasteiger partial charge is 0.355 e. The third-order valence-corrected chi connectivity index (χ3v) is 8.34. The molecule has 0 saturated carbocycles. The van der Waals surface area contributed by atoms with E-state index in [0.29, 0.717) is 11.6 Å². The van der Waals surface area contributed by atoms with Gasteiger partial charge < -0.3 is 15.5 Å². The van der Waals surface area contributed by atoms with Crippen LogP contribution in [0.4, 0.5) is 16.1 Å². The summed E-state index contributed by atoms with van der Waals surface area (Å²) in [6, 6.07) is 12.7. The number of nitrogens with one attached hydrogen (secondary N) is 2. The highest BCUT2D eigenvalue weighted by atomic mass is 32.2. The van der Waals surface area contributed by atoms with E-state index in [2.05, 4.69) is 72.0 Å². The summed E-state index contributed by atoms with van der Waals surface area (Å²) in [6.45, 7) is 6.81. The minimum absolute atomic E-state index is 0.00219. The first kappa shape index (κ1) is 24.0. The van der Waals surface area contributed by atoms with Crippen LogP contribution in [0.15, 0.2) is 42.6 Å². The molecule has 2 N–H and O–H groups in total. The molecule has 4 heterocycles. The van der Waals surface area contributed by atoms with E-state index in [-0.39, 0.29) is 17.2 Å². The van der Waals surface area contributed by atoms with Crippen molar-refractivity contribution in [3.8, 4) is 0 Å². The zero-order valence-electron chi connectivity index (χ0n) is 19.8. The fraction of sp³-hybridized carbons (Fsp3) is 0.458. The Labute approximate surface area is 213 Å². The second-order valence-corrected chi connectivity index (χ2v) is 11.4. The van der Waals surface area contributed by atoms with Gasteiger partial charge in [-0.05, 0) is 36.6 Å². The number of hydrogen-bond donors (Lipinski definition) is 2. The van der Waals surface area contributed by atoms with Gasteiger partial charge in [0.05, 0.1) is 0 Å². The number of hydrogen-bond acceptors (Lipinski definition) is 10. The second-order valence-electron chi connectivity index (χ2n) is 8.98. The summed E-state index contributed by atoms with van der Waals surface area (Å²) in [5, 5.41) is 24.5. The van der Waals surface area contributed by atoms with Gasteiger partial charge >= 0.3 is 0 Å². The zero-order valence-corrected chi connectivity index (χ0v) is 21.4. The maximum Gasteiger partial charge on any atom is 0.227 e. The molecular weight excluding hydrogens is 480 g/mol. The van der Waals surface area contributed by atoms with Crippen molar-refractivity contribution in [3.05, 3.63) is 53.7 Å². The molecular formula is C24H30N8OS2. The molecule has 1 aromatic carbocycles. The fourth-order valence-electron chi connectivity index (χ4n) is 4.51. The predicted octanol–water partition coefficient (Wildman–Crippen LogP) is 3.27. The average Bonchev–Trinajstić information content (AvgIpc) is 3.51. The third kappa shape index (κ3) is 6.47. The van der Waals surface area contributed by atoms with Crippen LogP contribution in [0, 0.1) is 6.92 Å². The first-order chi connectivity index (χ1) is 17.1. The van der Waals surface area contributed by atoms with E-state index >= 15 is 0 Å². The number of aromatic nitrogens is 4. The number of carbonyl (C=O) groups excluding carboxylic acids is 1. The molecule has 11 heteroatoms. The van der Waals surface area contributed by atoms with Gasteiger partial charge in [0.1, 0.15) is 0 Å². The minimum atomic E-state index is -0.00219. The molecule has 2 aliphatic heterocycles. The molecule has 0 bridgehead atoms. The summed E-state index contributed by atoms with van der Waals surface area (Å²) in [7, 11) is 0. The van der Waals surface area contributed by atoms with Gasteiger partial charge in [-0.15, -0.1) is 15.3 Å². The average molecular weight is 511 g/mol. The minimum Gasteiger partial charge on any atom is -0.355 e. The number of aryl methyl sites for hydroxylation is 1.